The molecule has 2 rings (SSSR count). The van der Waals surface area contributed by atoms with E-state index in [-0.39, 0.29) is 0 Å². The van der Waals surface area contributed by atoms with Crippen LogP contribution in [0.4, 0.5) is 11.4 Å². The zero-order chi connectivity index (χ0) is 17.9. The monoisotopic (exact) mass is 366 g/mol. The van der Waals surface area contributed by atoms with Gasteiger partial charge in [0.25, 0.3) is 0 Å². The number of para-hydroxylation sites is 1. The van der Waals surface area contributed by atoms with Crippen LogP contribution in [0.1, 0.15) is 12.5 Å². The maximum atomic E-state index is 12.6. The molecule has 0 aliphatic carbocycles. The van der Waals surface area contributed by atoms with Gasteiger partial charge in [0, 0.05) is 10.7 Å². The summed E-state index contributed by atoms with van der Waals surface area (Å²) >= 11 is 6.05. The number of sulfonamides is 1. The van der Waals surface area contributed by atoms with Crippen LogP contribution < -0.4 is 9.62 Å². The second-order valence-corrected chi connectivity index (χ2v) is 7.74. The van der Waals surface area contributed by atoms with E-state index in [4.69, 9.17) is 11.6 Å². The number of carbonyl (C=O) groups is 1. The number of amides is 1. The molecule has 1 atom stereocenters. The number of carbonyl (C=O) groups excluding carboxylic acids is 1. The van der Waals surface area contributed by atoms with Crippen molar-refractivity contribution in [3.63, 3.8) is 0 Å². The van der Waals surface area contributed by atoms with Gasteiger partial charge in [0.2, 0.25) is 15.9 Å². The molecule has 0 fully saturated rings. The first-order valence-corrected chi connectivity index (χ1v) is 9.55. The molecule has 7 heteroatoms. The van der Waals surface area contributed by atoms with Gasteiger partial charge in [-0.2, -0.15) is 0 Å². The largest absolute Gasteiger partial charge is 0.324 e. The molecule has 0 heterocycles. The number of halogens is 1. The second-order valence-electron chi connectivity index (χ2n) is 5.47. The summed E-state index contributed by atoms with van der Waals surface area (Å²) in [6, 6.07) is 12.8. The average molecular weight is 367 g/mol. The molecule has 0 radical (unpaired) electrons. The summed E-state index contributed by atoms with van der Waals surface area (Å²) in [5, 5.41) is 3.27. The Morgan fingerprint density at radius 3 is 2.33 bits per heavy atom. The van der Waals surface area contributed by atoms with E-state index >= 15 is 0 Å². The van der Waals surface area contributed by atoms with E-state index in [1.807, 2.05) is 0 Å². The predicted octanol–water partition coefficient (Wildman–Crippen LogP) is 3.44. The van der Waals surface area contributed by atoms with Gasteiger partial charge in [-0.25, -0.2) is 8.42 Å². The van der Waals surface area contributed by atoms with Crippen molar-refractivity contribution in [2.45, 2.75) is 19.9 Å². The number of nitrogens with one attached hydrogen (secondary N) is 1. The molecule has 0 saturated heterocycles. The highest BCUT2D eigenvalue weighted by Crippen LogP contribution is 2.25. The maximum absolute atomic E-state index is 12.6. The lowest BCUT2D eigenvalue weighted by molar-refractivity contribution is -0.116. The van der Waals surface area contributed by atoms with Gasteiger partial charge in [-0.15, -0.1) is 0 Å². The first-order valence-electron chi connectivity index (χ1n) is 7.32. The Morgan fingerprint density at radius 1 is 1.12 bits per heavy atom. The number of benzene rings is 2. The third-order valence-electron chi connectivity index (χ3n) is 3.62. The van der Waals surface area contributed by atoms with Crippen molar-refractivity contribution in [2.24, 2.45) is 0 Å². The van der Waals surface area contributed by atoms with Crippen LogP contribution in [0.15, 0.2) is 48.5 Å². The van der Waals surface area contributed by atoms with E-state index in [2.05, 4.69) is 5.32 Å². The van der Waals surface area contributed by atoms with Gasteiger partial charge >= 0.3 is 0 Å². The highest BCUT2D eigenvalue weighted by atomic mass is 35.5. The summed E-state index contributed by atoms with van der Waals surface area (Å²) in [5.74, 6) is -0.436. The zero-order valence-electron chi connectivity index (χ0n) is 13.7. The van der Waals surface area contributed by atoms with E-state index in [1.165, 1.54) is 0 Å². The topological polar surface area (TPSA) is 66.5 Å². The summed E-state index contributed by atoms with van der Waals surface area (Å²) in [4.78, 5) is 12.6. The zero-order valence-corrected chi connectivity index (χ0v) is 15.2. The van der Waals surface area contributed by atoms with Crippen molar-refractivity contribution in [1.29, 1.82) is 0 Å². The van der Waals surface area contributed by atoms with Gasteiger partial charge in [0.05, 0.1) is 11.9 Å². The first kappa shape index (κ1) is 18.3. The molecule has 1 amide bonds. The molecule has 2 aromatic rings. The Balaban J connectivity index is 2.31. The summed E-state index contributed by atoms with van der Waals surface area (Å²) < 4.78 is 25.5. The van der Waals surface area contributed by atoms with Crippen molar-refractivity contribution >= 4 is 38.9 Å². The molecule has 0 saturated carbocycles. The number of hydrogen-bond acceptors (Lipinski definition) is 3. The van der Waals surface area contributed by atoms with Crippen molar-refractivity contribution in [2.75, 3.05) is 15.9 Å². The van der Waals surface area contributed by atoms with Crippen molar-refractivity contribution in [1.82, 2.24) is 0 Å². The molecule has 2 aromatic carbocycles. The smallest absolute Gasteiger partial charge is 0.248 e. The minimum absolute atomic E-state index is 0.436. The van der Waals surface area contributed by atoms with E-state index in [9.17, 15) is 13.2 Å². The van der Waals surface area contributed by atoms with Crippen LogP contribution in [-0.2, 0) is 14.8 Å². The third-order valence-corrected chi connectivity index (χ3v) is 5.28. The Morgan fingerprint density at radius 2 is 1.75 bits per heavy atom. The van der Waals surface area contributed by atoms with Gasteiger partial charge in [-0.1, -0.05) is 35.9 Å². The number of anilines is 2. The molecule has 0 aliphatic rings. The molecule has 0 aromatic heterocycles. The predicted molar refractivity (Wildman–Crippen MR) is 98.0 cm³/mol. The van der Waals surface area contributed by atoms with Crippen LogP contribution in [0.5, 0.6) is 0 Å². The van der Waals surface area contributed by atoms with Gasteiger partial charge in [-0.3, -0.25) is 9.10 Å². The summed E-state index contributed by atoms with van der Waals surface area (Å²) in [6.07, 6.45) is 1.08. The molecule has 0 aliphatic heterocycles. The fourth-order valence-corrected chi connectivity index (χ4v) is 3.71. The van der Waals surface area contributed by atoms with Crippen LogP contribution in [0.25, 0.3) is 0 Å². The number of hydrogen-bond donors (Lipinski definition) is 1. The van der Waals surface area contributed by atoms with E-state index < -0.39 is 22.0 Å². The molecular weight excluding hydrogens is 348 g/mol. The van der Waals surface area contributed by atoms with Crippen molar-refractivity contribution < 1.29 is 13.2 Å². The van der Waals surface area contributed by atoms with Crippen LogP contribution in [0.3, 0.4) is 0 Å². The van der Waals surface area contributed by atoms with E-state index in [0.717, 1.165) is 16.1 Å². The summed E-state index contributed by atoms with van der Waals surface area (Å²) in [5.41, 5.74) is 1.72. The van der Waals surface area contributed by atoms with Gasteiger partial charge in [0.15, 0.2) is 0 Å². The summed E-state index contributed by atoms with van der Waals surface area (Å²) in [6.45, 7) is 3.33. The third kappa shape index (κ3) is 4.07. The molecular formula is C17H19ClN2O3S. The Hall–Kier alpha value is -2.05. The SMILES string of the molecule is Cc1c(Cl)cccc1NC(=O)[C@@H](C)N(c1ccccc1)S(C)(=O)=O. The number of nitrogens with zero attached hydrogens (tertiary/aromatic N) is 1. The molecule has 0 bridgehead atoms. The Labute approximate surface area is 147 Å². The van der Waals surface area contributed by atoms with Crippen molar-refractivity contribution in [3.05, 3.63) is 59.1 Å². The van der Waals surface area contributed by atoms with Crippen LogP contribution in [-0.4, -0.2) is 26.6 Å². The van der Waals surface area contributed by atoms with Crippen molar-refractivity contribution in [3.8, 4) is 0 Å². The van der Waals surface area contributed by atoms with Crippen LogP contribution in [0, 0.1) is 6.92 Å². The minimum Gasteiger partial charge on any atom is -0.324 e. The lowest BCUT2D eigenvalue weighted by atomic mass is 10.2. The van der Waals surface area contributed by atoms with Crippen LogP contribution in [0.2, 0.25) is 5.02 Å². The van der Waals surface area contributed by atoms with Gasteiger partial charge in [0.1, 0.15) is 6.04 Å². The maximum Gasteiger partial charge on any atom is 0.248 e. The average Bonchev–Trinajstić information content (AvgIpc) is 2.51. The summed E-state index contributed by atoms with van der Waals surface area (Å²) in [7, 11) is -3.63. The number of rotatable bonds is 5. The Kier molecular flexibility index (Phi) is 5.51. The quantitative estimate of drug-likeness (QED) is 0.881. The highest BCUT2D eigenvalue weighted by Gasteiger charge is 2.29. The standard InChI is InChI=1S/C17H19ClN2O3S/c1-12-15(18)10-7-11-16(12)19-17(21)13(2)20(24(3,22)23)14-8-5-4-6-9-14/h4-11,13H,1-3H3,(H,19,21)/t13-/m1/s1. The minimum atomic E-state index is -3.63. The normalized spacial score (nSPS) is 12.5. The molecule has 128 valence electrons. The molecule has 1 N–H and O–H groups in total. The van der Waals surface area contributed by atoms with Gasteiger partial charge < -0.3 is 5.32 Å². The molecule has 0 unspecified atom stereocenters. The lowest BCUT2D eigenvalue weighted by Crippen LogP contribution is -2.45. The van der Waals surface area contributed by atoms with E-state index in [1.54, 1.807) is 62.4 Å². The first-order chi connectivity index (χ1) is 11.2. The second kappa shape index (κ2) is 7.23. The van der Waals surface area contributed by atoms with Crippen LogP contribution >= 0.6 is 11.6 Å². The Bertz CT molecular complexity index is 838. The molecule has 24 heavy (non-hydrogen) atoms. The fourth-order valence-electron chi connectivity index (χ4n) is 2.36. The van der Waals surface area contributed by atoms with E-state index in [0.29, 0.717) is 16.4 Å². The highest BCUT2D eigenvalue weighted by molar-refractivity contribution is 7.92. The molecule has 0 spiro atoms. The fraction of sp³-hybridized carbons (Fsp3) is 0.235. The van der Waals surface area contributed by atoms with Gasteiger partial charge in [-0.05, 0) is 43.7 Å². The molecule has 5 nitrogen and oxygen atoms in total. The lowest BCUT2D eigenvalue weighted by Gasteiger charge is -2.28.